The second-order valence-electron chi connectivity index (χ2n) is 6.30. The highest BCUT2D eigenvalue weighted by Crippen LogP contribution is 2.30. The predicted octanol–water partition coefficient (Wildman–Crippen LogP) is 6.00. The highest BCUT2D eigenvalue weighted by atomic mass is 35.5. The minimum atomic E-state index is -0.328. The molecule has 7 heteroatoms. The number of allylic oxidation sites excluding steroid dienone is 1. The van der Waals surface area contributed by atoms with Gasteiger partial charge in [-0.25, -0.2) is 4.39 Å². The van der Waals surface area contributed by atoms with Crippen molar-refractivity contribution < 1.29 is 9.13 Å². The van der Waals surface area contributed by atoms with E-state index in [0.29, 0.717) is 33.9 Å². The third-order valence-corrected chi connectivity index (χ3v) is 5.51. The molecule has 1 atom stereocenters. The van der Waals surface area contributed by atoms with Crippen LogP contribution >= 0.6 is 23.4 Å². The Morgan fingerprint density at radius 1 is 1.25 bits per heavy atom. The zero-order chi connectivity index (χ0) is 20.1. The van der Waals surface area contributed by atoms with E-state index in [1.165, 1.54) is 23.4 Å². The number of nitrogens with zero attached hydrogens (tertiary/aromatic N) is 3. The van der Waals surface area contributed by atoms with Gasteiger partial charge >= 0.3 is 0 Å². The van der Waals surface area contributed by atoms with E-state index in [0.717, 1.165) is 5.75 Å². The Labute approximate surface area is 173 Å². The Morgan fingerprint density at radius 3 is 2.68 bits per heavy atom. The van der Waals surface area contributed by atoms with Gasteiger partial charge in [0.15, 0.2) is 17.1 Å². The molecule has 0 aliphatic rings. The molecule has 0 aliphatic carbocycles. The van der Waals surface area contributed by atoms with Crippen LogP contribution in [0.1, 0.15) is 30.0 Å². The van der Waals surface area contributed by atoms with E-state index in [1.807, 2.05) is 42.7 Å². The number of ether oxygens (including phenoxy) is 1. The van der Waals surface area contributed by atoms with Crippen molar-refractivity contribution in [3.63, 3.8) is 0 Å². The van der Waals surface area contributed by atoms with Crippen LogP contribution in [0, 0.1) is 12.7 Å². The molecule has 0 amide bonds. The quantitative estimate of drug-likeness (QED) is 0.333. The smallest absolute Gasteiger partial charge is 0.191 e. The largest absolute Gasteiger partial charge is 0.483 e. The van der Waals surface area contributed by atoms with Gasteiger partial charge in [0.25, 0.3) is 0 Å². The van der Waals surface area contributed by atoms with Gasteiger partial charge in [-0.15, -0.1) is 16.8 Å². The van der Waals surface area contributed by atoms with Crippen molar-refractivity contribution in [1.29, 1.82) is 0 Å². The van der Waals surface area contributed by atoms with Crippen LogP contribution < -0.4 is 4.74 Å². The lowest BCUT2D eigenvalue weighted by Gasteiger charge is -2.16. The summed E-state index contributed by atoms with van der Waals surface area (Å²) >= 11 is 7.50. The molecule has 28 heavy (non-hydrogen) atoms. The van der Waals surface area contributed by atoms with Crippen LogP contribution in [0.25, 0.3) is 0 Å². The number of rotatable bonds is 8. The summed E-state index contributed by atoms with van der Waals surface area (Å²) in [5, 5.41) is 9.63. The lowest BCUT2D eigenvalue weighted by Crippen LogP contribution is -2.12. The van der Waals surface area contributed by atoms with Crippen molar-refractivity contribution in [3.05, 3.63) is 82.9 Å². The van der Waals surface area contributed by atoms with Crippen LogP contribution in [0.15, 0.2) is 60.3 Å². The van der Waals surface area contributed by atoms with Gasteiger partial charge in [-0.1, -0.05) is 53.2 Å². The molecule has 146 valence electrons. The number of hydrogen-bond donors (Lipinski definition) is 0. The first-order chi connectivity index (χ1) is 13.5. The first-order valence-corrected chi connectivity index (χ1v) is 10.2. The van der Waals surface area contributed by atoms with Crippen LogP contribution in [0.4, 0.5) is 4.39 Å². The highest BCUT2D eigenvalue weighted by molar-refractivity contribution is 7.98. The number of halogens is 2. The van der Waals surface area contributed by atoms with Crippen LogP contribution in [0.3, 0.4) is 0 Å². The van der Waals surface area contributed by atoms with Crippen LogP contribution in [-0.4, -0.2) is 14.8 Å². The van der Waals surface area contributed by atoms with E-state index in [-0.39, 0.29) is 11.9 Å². The number of hydrogen-bond acceptors (Lipinski definition) is 4. The van der Waals surface area contributed by atoms with Crippen molar-refractivity contribution in [3.8, 4) is 5.75 Å². The first-order valence-electron chi connectivity index (χ1n) is 8.82. The van der Waals surface area contributed by atoms with Crippen molar-refractivity contribution in [1.82, 2.24) is 14.8 Å². The third-order valence-electron chi connectivity index (χ3n) is 4.16. The minimum Gasteiger partial charge on any atom is -0.483 e. The van der Waals surface area contributed by atoms with Crippen LogP contribution in [-0.2, 0) is 12.3 Å². The van der Waals surface area contributed by atoms with Crippen molar-refractivity contribution >= 4 is 23.4 Å². The molecule has 3 rings (SSSR count). The Hall–Kier alpha value is -2.31. The lowest BCUT2D eigenvalue weighted by atomic mass is 10.2. The van der Waals surface area contributed by atoms with E-state index < -0.39 is 0 Å². The SMILES string of the molecule is C=CCn1c(SCc2c(F)cccc2Cl)nnc1[C@@H](C)Oc1ccc(C)cc1. The van der Waals surface area contributed by atoms with Gasteiger partial charge in [-0.05, 0) is 38.1 Å². The summed E-state index contributed by atoms with van der Waals surface area (Å²) in [5.41, 5.74) is 1.62. The van der Waals surface area contributed by atoms with Gasteiger partial charge in [0.1, 0.15) is 11.6 Å². The van der Waals surface area contributed by atoms with E-state index >= 15 is 0 Å². The molecule has 0 aliphatic heterocycles. The molecule has 0 unspecified atom stereocenters. The lowest BCUT2D eigenvalue weighted by molar-refractivity contribution is 0.210. The van der Waals surface area contributed by atoms with Gasteiger partial charge in [0.05, 0.1) is 0 Å². The van der Waals surface area contributed by atoms with Crippen molar-refractivity contribution in [2.24, 2.45) is 0 Å². The Morgan fingerprint density at radius 2 is 2.00 bits per heavy atom. The topological polar surface area (TPSA) is 39.9 Å². The molecule has 1 heterocycles. The second kappa shape index (κ2) is 9.26. The van der Waals surface area contributed by atoms with Crippen LogP contribution in [0.2, 0.25) is 5.02 Å². The molecule has 0 N–H and O–H groups in total. The van der Waals surface area contributed by atoms with Crippen molar-refractivity contribution in [2.75, 3.05) is 0 Å². The van der Waals surface area contributed by atoms with E-state index in [9.17, 15) is 4.39 Å². The van der Waals surface area contributed by atoms with Crippen LogP contribution in [0.5, 0.6) is 5.75 Å². The maximum absolute atomic E-state index is 14.0. The molecule has 2 aromatic carbocycles. The summed E-state index contributed by atoms with van der Waals surface area (Å²) in [5.74, 6) is 1.47. The molecule has 4 nitrogen and oxygen atoms in total. The summed E-state index contributed by atoms with van der Waals surface area (Å²) < 4.78 is 22.0. The second-order valence-corrected chi connectivity index (χ2v) is 7.65. The molecule has 0 bridgehead atoms. The van der Waals surface area contributed by atoms with E-state index in [1.54, 1.807) is 18.2 Å². The summed E-state index contributed by atoms with van der Waals surface area (Å²) in [6.07, 6.45) is 1.47. The highest BCUT2D eigenvalue weighted by Gasteiger charge is 2.20. The molecule has 0 saturated carbocycles. The minimum absolute atomic E-state index is 0.304. The average molecular weight is 418 g/mol. The predicted molar refractivity (Wildman–Crippen MR) is 111 cm³/mol. The van der Waals surface area contributed by atoms with E-state index in [4.69, 9.17) is 16.3 Å². The number of thioether (sulfide) groups is 1. The molecule has 0 saturated heterocycles. The summed E-state index contributed by atoms with van der Waals surface area (Å²) in [7, 11) is 0. The Kier molecular flexibility index (Phi) is 6.75. The fraction of sp³-hybridized carbons (Fsp3) is 0.238. The zero-order valence-electron chi connectivity index (χ0n) is 15.7. The molecule has 3 aromatic rings. The maximum atomic E-state index is 14.0. The molecule has 0 fully saturated rings. The fourth-order valence-corrected chi connectivity index (χ4v) is 3.99. The standard InChI is InChI=1S/C21H21ClFN3OS/c1-4-12-26-20(15(3)27-16-10-8-14(2)9-11-16)24-25-21(26)28-13-17-18(22)6-5-7-19(17)23/h4-11,15H,1,12-13H2,2-3H3/t15-/m1/s1. The third kappa shape index (κ3) is 4.75. The Bertz CT molecular complexity index is 939. The summed E-state index contributed by atoms with van der Waals surface area (Å²) in [6, 6.07) is 12.5. The monoisotopic (exact) mass is 417 g/mol. The van der Waals surface area contributed by atoms with Gasteiger partial charge < -0.3 is 4.74 Å². The number of aromatic nitrogens is 3. The summed E-state index contributed by atoms with van der Waals surface area (Å²) in [4.78, 5) is 0. The number of aryl methyl sites for hydroxylation is 1. The summed E-state index contributed by atoms with van der Waals surface area (Å²) in [6.45, 7) is 8.28. The molecular weight excluding hydrogens is 397 g/mol. The van der Waals surface area contributed by atoms with Gasteiger partial charge in [-0.3, -0.25) is 4.57 Å². The fourth-order valence-electron chi connectivity index (χ4n) is 2.69. The molecule has 0 spiro atoms. The normalized spacial score (nSPS) is 12.0. The molecular formula is C21H21ClFN3OS. The molecule has 0 radical (unpaired) electrons. The molecule has 1 aromatic heterocycles. The van der Waals surface area contributed by atoms with Gasteiger partial charge in [0, 0.05) is 22.9 Å². The maximum Gasteiger partial charge on any atom is 0.191 e. The first kappa shape index (κ1) is 20.4. The van der Waals surface area contributed by atoms with Crippen molar-refractivity contribution in [2.45, 2.75) is 37.4 Å². The number of benzene rings is 2. The van der Waals surface area contributed by atoms with E-state index in [2.05, 4.69) is 16.8 Å². The zero-order valence-corrected chi connectivity index (χ0v) is 17.3. The Balaban J connectivity index is 1.78. The average Bonchev–Trinajstić information content (AvgIpc) is 3.06. The van der Waals surface area contributed by atoms with Gasteiger partial charge in [0.2, 0.25) is 0 Å². The van der Waals surface area contributed by atoms with Gasteiger partial charge in [-0.2, -0.15) is 0 Å².